The van der Waals surface area contributed by atoms with Gasteiger partial charge in [-0.15, -0.1) is 0 Å². The number of benzene rings is 1. The molecule has 5 heteroatoms. The Balaban J connectivity index is 1.99. The summed E-state index contributed by atoms with van der Waals surface area (Å²) < 4.78 is 12.2. The third kappa shape index (κ3) is 2.92. The molecule has 0 radical (unpaired) electrons. The lowest BCUT2D eigenvalue weighted by Gasteiger charge is -2.32. The van der Waals surface area contributed by atoms with Crippen molar-refractivity contribution in [3.8, 4) is 0 Å². The van der Waals surface area contributed by atoms with Crippen LogP contribution in [0.5, 0.6) is 0 Å². The van der Waals surface area contributed by atoms with E-state index in [0.717, 1.165) is 21.9 Å². The number of pyridine rings is 1. The van der Waals surface area contributed by atoms with Crippen LogP contribution in [0, 0.1) is 0 Å². The quantitative estimate of drug-likeness (QED) is 0.885. The third-order valence-corrected chi connectivity index (χ3v) is 4.81. The van der Waals surface area contributed by atoms with E-state index in [9.17, 15) is 0 Å². The molecule has 1 saturated heterocycles. The normalized spacial score (nSPS) is 20.2. The molecule has 1 aromatic heterocycles. The zero-order valence-corrected chi connectivity index (χ0v) is 14.2. The SMILES string of the molecule is CC1(C)OB(C(=Cc2cccc3ncccc23)CN)OC1(C)C. The van der Waals surface area contributed by atoms with Gasteiger partial charge >= 0.3 is 7.12 Å². The topological polar surface area (TPSA) is 57.4 Å². The lowest BCUT2D eigenvalue weighted by Crippen LogP contribution is -2.41. The van der Waals surface area contributed by atoms with Crippen molar-refractivity contribution in [1.82, 2.24) is 4.98 Å². The first-order chi connectivity index (χ1) is 10.8. The molecule has 23 heavy (non-hydrogen) atoms. The minimum absolute atomic E-state index is 0.369. The van der Waals surface area contributed by atoms with Crippen molar-refractivity contribution in [2.24, 2.45) is 5.73 Å². The molecule has 1 aliphatic rings. The minimum atomic E-state index is -0.420. The fourth-order valence-electron chi connectivity index (χ4n) is 2.67. The van der Waals surface area contributed by atoms with E-state index in [1.807, 2.05) is 45.9 Å². The predicted octanol–water partition coefficient (Wildman–Crippen LogP) is 3.21. The van der Waals surface area contributed by atoms with Crippen molar-refractivity contribution in [2.45, 2.75) is 38.9 Å². The smallest absolute Gasteiger partial charge is 0.400 e. The summed E-state index contributed by atoms with van der Waals surface area (Å²) in [4.78, 5) is 4.40. The summed E-state index contributed by atoms with van der Waals surface area (Å²) in [6.07, 6.45) is 3.86. The molecule has 0 saturated carbocycles. The Morgan fingerprint density at radius 3 is 2.48 bits per heavy atom. The summed E-state index contributed by atoms with van der Waals surface area (Å²) in [7, 11) is -0.420. The average molecular weight is 310 g/mol. The summed E-state index contributed by atoms with van der Waals surface area (Å²) in [5, 5.41) is 1.09. The molecule has 0 bridgehead atoms. The van der Waals surface area contributed by atoms with Gasteiger partial charge in [0.25, 0.3) is 0 Å². The fraction of sp³-hybridized carbons (Fsp3) is 0.389. The molecule has 4 nitrogen and oxygen atoms in total. The van der Waals surface area contributed by atoms with E-state index < -0.39 is 7.12 Å². The molecule has 2 aromatic rings. The monoisotopic (exact) mass is 310 g/mol. The highest BCUT2D eigenvalue weighted by atomic mass is 16.7. The van der Waals surface area contributed by atoms with Gasteiger partial charge in [0.15, 0.2) is 0 Å². The van der Waals surface area contributed by atoms with E-state index in [4.69, 9.17) is 15.0 Å². The predicted molar refractivity (Wildman–Crippen MR) is 94.9 cm³/mol. The molecule has 0 unspecified atom stereocenters. The number of hydrogen-bond donors (Lipinski definition) is 1. The molecular formula is C18H23BN2O2. The Hall–Kier alpha value is -1.69. The van der Waals surface area contributed by atoms with Crippen LogP contribution in [-0.4, -0.2) is 29.8 Å². The van der Waals surface area contributed by atoms with E-state index in [-0.39, 0.29) is 11.2 Å². The molecule has 2 heterocycles. The fourth-order valence-corrected chi connectivity index (χ4v) is 2.67. The van der Waals surface area contributed by atoms with Gasteiger partial charge in [-0.3, -0.25) is 4.98 Å². The van der Waals surface area contributed by atoms with Crippen LogP contribution >= 0.6 is 0 Å². The largest absolute Gasteiger partial charge is 0.491 e. The van der Waals surface area contributed by atoms with Gasteiger partial charge in [-0.2, -0.15) is 0 Å². The Bertz CT molecular complexity index is 734. The highest BCUT2D eigenvalue weighted by Gasteiger charge is 2.52. The minimum Gasteiger partial charge on any atom is -0.400 e. The molecule has 0 atom stereocenters. The van der Waals surface area contributed by atoms with E-state index >= 15 is 0 Å². The molecule has 1 fully saturated rings. The van der Waals surface area contributed by atoms with E-state index in [1.54, 1.807) is 6.20 Å². The van der Waals surface area contributed by atoms with Crippen LogP contribution in [0.4, 0.5) is 0 Å². The van der Waals surface area contributed by atoms with Crippen LogP contribution in [0.1, 0.15) is 33.3 Å². The molecule has 0 aliphatic carbocycles. The second-order valence-electron chi connectivity index (χ2n) is 6.93. The van der Waals surface area contributed by atoms with Crippen LogP contribution in [-0.2, 0) is 9.31 Å². The number of nitrogens with two attached hydrogens (primary N) is 1. The third-order valence-electron chi connectivity index (χ3n) is 4.81. The van der Waals surface area contributed by atoms with Gasteiger partial charge in [-0.05, 0) is 50.9 Å². The highest BCUT2D eigenvalue weighted by molar-refractivity contribution is 6.56. The first-order valence-electron chi connectivity index (χ1n) is 7.94. The maximum atomic E-state index is 6.12. The van der Waals surface area contributed by atoms with E-state index in [0.29, 0.717) is 6.54 Å². The maximum Gasteiger partial charge on any atom is 0.491 e. The summed E-state index contributed by atoms with van der Waals surface area (Å²) in [5.74, 6) is 0. The van der Waals surface area contributed by atoms with Crippen molar-refractivity contribution >= 4 is 24.1 Å². The standard InChI is InChI=1S/C18H23BN2O2/c1-17(2)18(3,4)23-19(22-17)14(12-20)11-13-7-5-9-16-15(13)8-6-10-21-16/h5-11H,12,20H2,1-4H3. The molecule has 1 aliphatic heterocycles. The van der Waals surface area contributed by atoms with Crippen LogP contribution in [0.3, 0.4) is 0 Å². The van der Waals surface area contributed by atoms with Gasteiger partial charge in [-0.25, -0.2) is 0 Å². The van der Waals surface area contributed by atoms with Crippen LogP contribution < -0.4 is 5.73 Å². The molecule has 1 aromatic carbocycles. The molecule has 0 spiro atoms. The number of aromatic nitrogens is 1. The number of fused-ring (bicyclic) bond motifs is 1. The van der Waals surface area contributed by atoms with Crippen molar-refractivity contribution < 1.29 is 9.31 Å². The van der Waals surface area contributed by atoms with Crippen LogP contribution in [0.15, 0.2) is 42.0 Å². The van der Waals surface area contributed by atoms with Crippen LogP contribution in [0.25, 0.3) is 17.0 Å². The maximum absolute atomic E-state index is 6.12. The van der Waals surface area contributed by atoms with Crippen molar-refractivity contribution in [1.29, 1.82) is 0 Å². The Morgan fingerprint density at radius 1 is 1.13 bits per heavy atom. The van der Waals surface area contributed by atoms with Gasteiger partial charge in [0.05, 0.1) is 16.7 Å². The second-order valence-corrected chi connectivity index (χ2v) is 6.93. The molecule has 2 N–H and O–H groups in total. The Kier molecular flexibility index (Phi) is 4.04. The van der Waals surface area contributed by atoms with Crippen molar-refractivity contribution in [2.75, 3.05) is 6.54 Å². The summed E-state index contributed by atoms with van der Waals surface area (Å²) in [6, 6.07) is 10.1. The first kappa shape index (κ1) is 16.2. The van der Waals surface area contributed by atoms with Gasteiger partial charge in [-0.1, -0.05) is 24.3 Å². The molecule has 0 amide bonds. The van der Waals surface area contributed by atoms with Crippen molar-refractivity contribution in [3.63, 3.8) is 0 Å². The zero-order chi connectivity index (χ0) is 16.7. The number of hydrogen-bond acceptors (Lipinski definition) is 4. The van der Waals surface area contributed by atoms with Gasteiger partial charge in [0, 0.05) is 18.1 Å². The Morgan fingerprint density at radius 2 is 1.83 bits per heavy atom. The van der Waals surface area contributed by atoms with E-state index in [2.05, 4.69) is 23.2 Å². The molecular weight excluding hydrogens is 287 g/mol. The van der Waals surface area contributed by atoms with Gasteiger partial charge < -0.3 is 15.0 Å². The number of nitrogens with zero attached hydrogens (tertiary/aromatic N) is 1. The summed E-state index contributed by atoms with van der Waals surface area (Å²) in [6.45, 7) is 8.56. The highest BCUT2D eigenvalue weighted by Crippen LogP contribution is 2.38. The summed E-state index contributed by atoms with van der Waals surface area (Å²) in [5.41, 5.74) is 8.21. The van der Waals surface area contributed by atoms with Gasteiger partial charge in [0.2, 0.25) is 0 Å². The lowest BCUT2D eigenvalue weighted by molar-refractivity contribution is 0.00578. The Labute approximate surface area is 137 Å². The summed E-state index contributed by atoms with van der Waals surface area (Å²) >= 11 is 0. The molecule has 3 rings (SSSR count). The van der Waals surface area contributed by atoms with Crippen LogP contribution in [0.2, 0.25) is 0 Å². The van der Waals surface area contributed by atoms with Gasteiger partial charge in [0.1, 0.15) is 0 Å². The number of rotatable bonds is 3. The lowest BCUT2D eigenvalue weighted by atomic mass is 9.77. The van der Waals surface area contributed by atoms with E-state index in [1.165, 1.54) is 0 Å². The van der Waals surface area contributed by atoms with Crippen molar-refractivity contribution in [3.05, 3.63) is 47.6 Å². The first-order valence-corrected chi connectivity index (χ1v) is 7.94. The average Bonchev–Trinajstić information content (AvgIpc) is 2.73. The second kappa shape index (κ2) is 5.75. The molecule has 120 valence electrons. The zero-order valence-electron chi connectivity index (χ0n) is 14.2.